The monoisotopic (exact) mass is 333 g/mol. The number of para-hydroxylation sites is 1. The summed E-state index contributed by atoms with van der Waals surface area (Å²) < 4.78 is 1.15. The molecule has 1 amide bonds. The molecule has 1 fully saturated rings. The van der Waals surface area contributed by atoms with E-state index in [2.05, 4.69) is 12.1 Å². The van der Waals surface area contributed by atoms with Crippen LogP contribution in [0.2, 0.25) is 0 Å². The Labute approximate surface area is 144 Å². The van der Waals surface area contributed by atoms with Crippen molar-refractivity contribution in [2.24, 2.45) is 0 Å². The zero-order valence-corrected chi connectivity index (χ0v) is 13.8. The molecule has 2 heterocycles. The first-order chi connectivity index (χ1) is 11.8. The Balaban J connectivity index is 1.67. The number of carbonyl (C=O) groups excluding carboxylic acids is 1. The second-order valence-electron chi connectivity index (χ2n) is 5.87. The summed E-state index contributed by atoms with van der Waals surface area (Å²) in [5.41, 5.74) is 2.07. The quantitative estimate of drug-likeness (QED) is 0.708. The van der Waals surface area contributed by atoms with Crippen LogP contribution in [0.15, 0.2) is 48.5 Å². The van der Waals surface area contributed by atoms with Gasteiger partial charge in [0.2, 0.25) is 0 Å². The molecule has 0 N–H and O–H groups in total. The molecule has 2 aromatic carbocycles. The fourth-order valence-electron chi connectivity index (χ4n) is 3.19. The number of thiazole rings is 1. The summed E-state index contributed by atoms with van der Waals surface area (Å²) in [6.07, 6.45) is 1.91. The highest BCUT2D eigenvalue weighted by molar-refractivity contribution is 7.18. The molecule has 3 aromatic rings. The number of hydrogen-bond donors (Lipinski definition) is 0. The molecule has 0 saturated carbocycles. The van der Waals surface area contributed by atoms with Crippen molar-refractivity contribution >= 4 is 27.5 Å². The predicted octanol–water partition coefficient (Wildman–Crippen LogP) is 4.15. The third-order valence-electron chi connectivity index (χ3n) is 4.35. The summed E-state index contributed by atoms with van der Waals surface area (Å²) in [5, 5.41) is 10.0. The first kappa shape index (κ1) is 14.9. The molecule has 118 valence electrons. The van der Waals surface area contributed by atoms with Crippen LogP contribution < -0.4 is 0 Å². The van der Waals surface area contributed by atoms with Gasteiger partial charge in [0.1, 0.15) is 5.01 Å². The Kier molecular flexibility index (Phi) is 3.75. The molecule has 0 radical (unpaired) electrons. The molecule has 24 heavy (non-hydrogen) atoms. The van der Waals surface area contributed by atoms with Crippen LogP contribution in [0, 0.1) is 11.3 Å². The van der Waals surface area contributed by atoms with Gasteiger partial charge in [0.25, 0.3) is 5.91 Å². The van der Waals surface area contributed by atoms with Crippen LogP contribution >= 0.6 is 11.3 Å². The Hall–Kier alpha value is -2.71. The Morgan fingerprint density at radius 2 is 2.12 bits per heavy atom. The molecule has 4 rings (SSSR count). The van der Waals surface area contributed by atoms with Crippen LogP contribution in [0.25, 0.3) is 10.2 Å². The lowest BCUT2D eigenvalue weighted by atomic mass is 10.1. The second kappa shape index (κ2) is 6.06. The number of amides is 1. The van der Waals surface area contributed by atoms with E-state index < -0.39 is 0 Å². The van der Waals surface area contributed by atoms with Crippen LogP contribution in [0.3, 0.4) is 0 Å². The molecule has 1 aromatic heterocycles. The Bertz CT molecular complexity index is 923. The van der Waals surface area contributed by atoms with Gasteiger partial charge in [-0.05, 0) is 43.2 Å². The molecule has 0 aliphatic carbocycles. The molecule has 1 atom stereocenters. The van der Waals surface area contributed by atoms with Crippen molar-refractivity contribution in [3.8, 4) is 6.07 Å². The van der Waals surface area contributed by atoms with E-state index in [-0.39, 0.29) is 11.9 Å². The van der Waals surface area contributed by atoms with Gasteiger partial charge in [0.15, 0.2) is 0 Å². The van der Waals surface area contributed by atoms with Crippen LogP contribution in [0.1, 0.15) is 39.8 Å². The van der Waals surface area contributed by atoms with Gasteiger partial charge in [-0.1, -0.05) is 18.2 Å². The van der Waals surface area contributed by atoms with Crippen molar-refractivity contribution in [1.82, 2.24) is 9.88 Å². The smallest absolute Gasteiger partial charge is 0.254 e. The fourth-order valence-corrected chi connectivity index (χ4v) is 4.30. The van der Waals surface area contributed by atoms with Crippen molar-refractivity contribution in [1.29, 1.82) is 5.26 Å². The van der Waals surface area contributed by atoms with Gasteiger partial charge in [-0.25, -0.2) is 4.98 Å². The van der Waals surface area contributed by atoms with E-state index in [9.17, 15) is 4.79 Å². The summed E-state index contributed by atoms with van der Waals surface area (Å²) in [6, 6.07) is 17.1. The Morgan fingerprint density at radius 1 is 1.25 bits per heavy atom. The summed E-state index contributed by atoms with van der Waals surface area (Å²) in [7, 11) is 0. The molecule has 1 aliphatic rings. The van der Waals surface area contributed by atoms with Crippen molar-refractivity contribution in [3.05, 3.63) is 64.7 Å². The van der Waals surface area contributed by atoms with Crippen molar-refractivity contribution in [2.45, 2.75) is 18.9 Å². The molecule has 0 spiro atoms. The van der Waals surface area contributed by atoms with E-state index in [1.165, 1.54) is 0 Å². The normalized spacial score (nSPS) is 17.1. The Morgan fingerprint density at radius 3 is 2.96 bits per heavy atom. The maximum atomic E-state index is 12.9. The minimum Gasteiger partial charge on any atom is -0.329 e. The SMILES string of the molecule is N#Cc1cccc(C(=O)N2CCC[C@@H]2c2nc3ccccc3s2)c1. The van der Waals surface area contributed by atoms with Gasteiger partial charge >= 0.3 is 0 Å². The average Bonchev–Trinajstić information content (AvgIpc) is 3.27. The van der Waals surface area contributed by atoms with Gasteiger partial charge in [-0.3, -0.25) is 4.79 Å². The van der Waals surface area contributed by atoms with E-state index >= 15 is 0 Å². The van der Waals surface area contributed by atoms with Crippen LogP contribution in [-0.2, 0) is 0 Å². The zero-order valence-electron chi connectivity index (χ0n) is 13.0. The highest BCUT2D eigenvalue weighted by Crippen LogP contribution is 2.37. The van der Waals surface area contributed by atoms with E-state index in [0.29, 0.717) is 11.1 Å². The number of aromatic nitrogens is 1. The number of fused-ring (bicyclic) bond motifs is 1. The van der Waals surface area contributed by atoms with Gasteiger partial charge in [0, 0.05) is 12.1 Å². The van der Waals surface area contributed by atoms with E-state index in [0.717, 1.165) is 34.6 Å². The lowest BCUT2D eigenvalue weighted by Gasteiger charge is -2.23. The number of carbonyl (C=O) groups is 1. The number of benzene rings is 2. The van der Waals surface area contributed by atoms with Gasteiger partial charge < -0.3 is 4.90 Å². The van der Waals surface area contributed by atoms with E-state index in [4.69, 9.17) is 10.2 Å². The summed E-state index contributed by atoms with van der Waals surface area (Å²) in [5.74, 6) is -0.0196. The molecule has 0 bridgehead atoms. The minimum absolute atomic E-state index is 0.0196. The highest BCUT2D eigenvalue weighted by Gasteiger charge is 2.32. The van der Waals surface area contributed by atoms with Crippen molar-refractivity contribution < 1.29 is 4.79 Å². The van der Waals surface area contributed by atoms with Gasteiger partial charge in [-0.2, -0.15) is 5.26 Å². The lowest BCUT2D eigenvalue weighted by Crippen LogP contribution is -2.30. The van der Waals surface area contributed by atoms with Crippen molar-refractivity contribution in [3.63, 3.8) is 0 Å². The van der Waals surface area contributed by atoms with Gasteiger partial charge in [0.05, 0.1) is 27.9 Å². The molecule has 5 heteroatoms. The molecule has 1 saturated heterocycles. The first-order valence-electron chi connectivity index (χ1n) is 7.93. The third-order valence-corrected chi connectivity index (χ3v) is 5.49. The average molecular weight is 333 g/mol. The summed E-state index contributed by atoms with van der Waals surface area (Å²) >= 11 is 1.66. The number of nitrogens with zero attached hydrogens (tertiary/aromatic N) is 3. The summed E-state index contributed by atoms with van der Waals surface area (Å²) in [6.45, 7) is 0.732. The maximum Gasteiger partial charge on any atom is 0.254 e. The number of likely N-dealkylation sites (tertiary alicyclic amines) is 1. The van der Waals surface area contributed by atoms with Crippen LogP contribution in [0.5, 0.6) is 0 Å². The van der Waals surface area contributed by atoms with Gasteiger partial charge in [-0.15, -0.1) is 11.3 Å². The molecular formula is C19H15N3OS. The number of nitriles is 1. The highest BCUT2D eigenvalue weighted by atomic mass is 32.1. The van der Waals surface area contributed by atoms with E-state index in [1.807, 2.05) is 23.1 Å². The lowest BCUT2D eigenvalue weighted by molar-refractivity contribution is 0.0735. The van der Waals surface area contributed by atoms with E-state index in [1.54, 1.807) is 35.6 Å². The molecule has 1 aliphatic heterocycles. The third kappa shape index (κ3) is 2.55. The standard InChI is InChI=1S/C19H15N3OS/c20-12-13-5-3-6-14(11-13)19(23)22-10-4-8-16(22)18-21-15-7-1-2-9-17(15)24-18/h1-3,5-7,9,11,16H,4,8,10H2/t16-/m1/s1. The molecule has 4 nitrogen and oxygen atoms in total. The predicted molar refractivity (Wildman–Crippen MR) is 93.8 cm³/mol. The minimum atomic E-state index is -0.0196. The first-order valence-corrected chi connectivity index (χ1v) is 8.74. The number of hydrogen-bond acceptors (Lipinski definition) is 4. The maximum absolute atomic E-state index is 12.9. The van der Waals surface area contributed by atoms with Crippen LogP contribution in [-0.4, -0.2) is 22.3 Å². The molecular weight excluding hydrogens is 318 g/mol. The second-order valence-corrected chi connectivity index (χ2v) is 6.93. The van der Waals surface area contributed by atoms with Crippen molar-refractivity contribution in [2.75, 3.05) is 6.54 Å². The molecule has 0 unspecified atom stereocenters. The summed E-state index contributed by atoms with van der Waals surface area (Å²) in [4.78, 5) is 19.5. The largest absolute Gasteiger partial charge is 0.329 e. The topological polar surface area (TPSA) is 57.0 Å². The zero-order chi connectivity index (χ0) is 16.5. The number of rotatable bonds is 2. The fraction of sp³-hybridized carbons (Fsp3) is 0.211. The van der Waals surface area contributed by atoms with Crippen LogP contribution in [0.4, 0.5) is 0 Å².